The smallest absolute Gasteiger partial charge is 0.255 e. The fourth-order valence-electron chi connectivity index (χ4n) is 3.33. The molecule has 3 rings (SSSR count). The van der Waals surface area contributed by atoms with Crippen LogP contribution in [0.2, 0.25) is 5.02 Å². The van der Waals surface area contributed by atoms with Crippen LogP contribution in [0.15, 0.2) is 41.3 Å². The van der Waals surface area contributed by atoms with Gasteiger partial charge in [-0.25, -0.2) is 17.2 Å². The van der Waals surface area contributed by atoms with Crippen molar-refractivity contribution in [3.05, 3.63) is 58.6 Å². The van der Waals surface area contributed by atoms with Crippen molar-refractivity contribution in [1.82, 2.24) is 4.31 Å². The minimum absolute atomic E-state index is 0.0726. The summed E-state index contributed by atoms with van der Waals surface area (Å²) in [5.41, 5.74) is 0.0666. The first-order valence-corrected chi connectivity index (χ1v) is 11.2. The lowest BCUT2D eigenvalue weighted by molar-refractivity contribution is -0.0136. The molecule has 7 nitrogen and oxygen atoms in total. The number of anilines is 1. The van der Waals surface area contributed by atoms with E-state index in [0.717, 1.165) is 28.6 Å². The highest BCUT2D eigenvalue weighted by Crippen LogP contribution is 2.26. The van der Waals surface area contributed by atoms with Gasteiger partial charge in [0.05, 0.1) is 17.2 Å². The predicted octanol–water partition coefficient (Wildman–Crippen LogP) is 3.03. The van der Waals surface area contributed by atoms with Crippen LogP contribution in [0.3, 0.4) is 0 Å². The maximum absolute atomic E-state index is 14.5. The van der Waals surface area contributed by atoms with Crippen molar-refractivity contribution < 1.29 is 31.8 Å². The highest BCUT2D eigenvalue weighted by molar-refractivity contribution is 7.89. The topological polar surface area (TPSA) is 95.9 Å². The second-order valence-corrected chi connectivity index (χ2v) is 9.39. The Kier molecular flexibility index (Phi) is 7.28. The normalized spacial score (nSPS) is 20.3. The Hall–Kier alpha value is -2.11. The third kappa shape index (κ3) is 5.21. The molecule has 1 amide bonds. The number of rotatable bonds is 5. The number of methoxy groups -OCH3 is 1. The summed E-state index contributed by atoms with van der Waals surface area (Å²) in [4.78, 5) is 11.9. The largest absolute Gasteiger partial charge is 0.389 e. The van der Waals surface area contributed by atoms with Crippen LogP contribution >= 0.6 is 11.6 Å². The van der Waals surface area contributed by atoms with Crippen LogP contribution in [0.1, 0.15) is 23.2 Å². The van der Waals surface area contributed by atoms with Crippen molar-refractivity contribution in [3.8, 4) is 0 Å². The summed E-state index contributed by atoms with van der Waals surface area (Å²) in [5, 5.41) is 12.5. The Bertz CT molecular complexity index is 1080. The summed E-state index contributed by atoms with van der Waals surface area (Å²) >= 11 is 5.69. The van der Waals surface area contributed by atoms with E-state index in [4.69, 9.17) is 16.3 Å². The Morgan fingerprint density at radius 3 is 2.61 bits per heavy atom. The molecule has 2 aromatic carbocycles. The van der Waals surface area contributed by atoms with Crippen molar-refractivity contribution in [3.63, 3.8) is 0 Å². The molecule has 2 N–H and O–H groups in total. The Morgan fingerprint density at radius 2 is 1.94 bits per heavy atom. The number of carbonyl (C=O) groups excluding carboxylic acids is 1. The third-order valence-electron chi connectivity index (χ3n) is 5.01. The average molecular weight is 475 g/mol. The van der Waals surface area contributed by atoms with Crippen LogP contribution < -0.4 is 5.32 Å². The van der Waals surface area contributed by atoms with Crippen LogP contribution in [0.25, 0.3) is 0 Å². The monoisotopic (exact) mass is 474 g/mol. The molecule has 1 heterocycles. The number of nitrogens with zero attached hydrogens (tertiary/aromatic N) is 1. The lowest BCUT2D eigenvalue weighted by Crippen LogP contribution is -2.40. The van der Waals surface area contributed by atoms with E-state index < -0.39 is 44.7 Å². The van der Waals surface area contributed by atoms with E-state index in [1.807, 2.05) is 0 Å². The van der Waals surface area contributed by atoms with E-state index in [-0.39, 0.29) is 29.4 Å². The van der Waals surface area contributed by atoms with E-state index in [9.17, 15) is 27.1 Å². The van der Waals surface area contributed by atoms with Crippen LogP contribution in [0.4, 0.5) is 14.5 Å². The number of nitrogens with one attached hydrogen (secondary N) is 1. The molecule has 1 saturated heterocycles. The number of amides is 1. The second kappa shape index (κ2) is 9.58. The molecule has 2 atom stereocenters. The molecule has 11 heteroatoms. The number of halogens is 3. The Morgan fingerprint density at radius 1 is 1.23 bits per heavy atom. The molecule has 0 saturated carbocycles. The zero-order valence-electron chi connectivity index (χ0n) is 16.5. The summed E-state index contributed by atoms with van der Waals surface area (Å²) in [7, 11) is -2.91. The van der Waals surface area contributed by atoms with Gasteiger partial charge in [-0.2, -0.15) is 4.31 Å². The molecule has 0 aromatic heterocycles. The van der Waals surface area contributed by atoms with Crippen molar-refractivity contribution in [2.45, 2.75) is 29.9 Å². The van der Waals surface area contributed by atoms with Gasteiger partial charge in [-0.05, 0) is 49.2 Å². The van der Waals surface area contributed by atoms with Gasteiger partial charge in [0.25, 0.3) is 5.91 Å². The molecule has 0 aliphatic carbocycles. The first kappa shape index (κ1) is 23.6. The number of β-amino-alcohol motifs (C(OH)–C–C–N with tert-alkyl or cyclic N) is 1. The van der Waals surface area contributed by atoms with Gasteiger partial charge in [0, 0.05) is 31.5 Å². The molecule has 0 spiro atoms. The predicted molar refractivity (Wildman–Crippen MR) is 111 cm³/mol. The van der Waals surface area contributed by atoms with Gasteiger partial charge in [0.15, 0.2) is 0 Å². The fraction of sp³-hybridized carbons (Fsp3) is 0.350. The molecular weight excluding hydrogens is 454 g/mol. The van der Waals surface area contributed by atoms with Gasteiger partial charge in [-0.15, -0.1) is 0 Å². The first-order valence-electron chi connectivity index (χ1n) is 9.40. The SMILES string of the molecule is COC1CCCN(S(=O)(=O)c2cc(C(=O)Nc3ccc(F)c(Cl)c3)ccc2F)CC1O. The molecule has 1 fully saturated rings. The van der Waals surface area contributed by atoms with E-state index in [2.05, 4.69) is 5.32 Å². The zero-order valence-corrected chi connectivity index (χ0v) is 18.1. The van der Waals surface area contributed by atoms with Crippen LogP contribution in [0, 0.1) is 11.6 Å². The van der Waals surface area contributed by atoms with Gasteiger partial charge in [0.1, 0.15) is 16.5 Å². The lowest BCUT2D eigenvalue weighted by Gasteiger charge is -2.24. The molecule has 0 radical (unpaired) electrons. The second-order valence-electron chi connectivity index (χ2n) is 7.07. The summed E-state index contributed by atoms with van der Waals surface area (Å²) in [5.74, 6) is -2.41. The number of aliphatic hydroxyl groups excluding tert-OH is 1. The fourth-order valence-corrected chi connectivity index (χ4v) is 5.10. The van der Waals surface area contributed by atoms with E-state index in [0.29, 0.717) is 12.8 Å². The van der Waals surface area contributed by atoms with Gasteiger partial charge >= 0.3 is 0 Å². The summed E-state index contributed by atoms with van der Waals surface area (Å²) < 4.78 is 60.0. The number of benzene rings is 2. The van der Waals surface area contributed by atoms with Crippen LogP contribution in [0.5, 0.6) is 0 Å². The first-order chi connectivity index (χ1) is 14.6. The zero-order chi connectivity index (χ0) is 22.8. The molecule has 0 bridgehead atoms. The van der Waals surface area contributed by atoms with Crippen molar-refractivity contribution in [2.75, 3.05) is 25.5 Å². The van der Waals surface area contributed by atoms with Crippen molar-refractivity contribution >= 4 is 33.2 Å². The molecule has 2 aromatic rings. The van der Waals surface area contributed by atoms with Gasteiger partial charge in [-0.3, -0.25) is 4.79 Å². The molecule has 1 aliphatic heterocycles. The highest BCUT2D eigenvalue weighted by atomic mass is 35.5. The number of carbonyl (C=O) groups is 1. The number of hydrogen-bond donors (Lipinski definition) is 2. The third-order valence-corrected chi connectivity index (χ3v) is 7.18. The molecule has 1 aliphatic rings. The molecule has 168 valence electrons. The lowest BCUT2D eigenvalue weighted by atomic mass is 10.1. The van der Waals surface area contributed by atoms with E-state index >= 15 is 0 Å². The molecule has 2 unspecified atom stereocenters. The van der Waals surface area contributed by atoms with Crippen LogP contribution in [-0.4, -0.2) is 56.1 Å². The number of ether oxygens (including phenoxy) is 1. The van der Waals surface area contributed by atoms with Crippen LogP contribution in [-0.2, 0) is 14.8 Å². The highest BCUT2D eigenvalue weighted by Gasteiger charge is 2.34. The van der Waals surface area contributed by atoms with Gasteiger partial charge < -0.3 is 15.2 Å². The number of hydrogen-bond acceptors (Lipinski definition) is 5. The van der Waals surface area contributed by atoms with E-state index in [1.54, 1.807) is 0 Å². The van der Waals surface area contributed by atoms with Gasteiger partial charge in [0.2, 0.25) is 10.0 Å². The number of aliphatic hydroxyl groups is 1. The Labute approximate surface area is 183 Å². The summed E-state index contributed by atoms with van der Waals surface area (Å²) in [6.45, 7) is -0.187. The van der Waals surface area contributed by atoms with Crippen molar-refractivity contribution in [1.29, 1.82) is 0 Å². The minimum atomic E-state index is -4.33. The minimum Gasteiger partial charge on any atom is -0.389 e. The van der Waals surface area contributed by atoms with E-state index in [1.165, 1.54) is 19.2 Å². The maximum atomic E-state index is 14.5. The Balaban J connectivity index is 1.87. The van der Waals surface area contributed by atoms with Crippen molar-refractivity contribution in [2.24, 2.45) is 0 Å². The summed E-state index contributed by atoms with van der Waals surface area (Å²) in [6, 6.07) is 6.48. The molecule has 31 heavy (non-hydrogen) atoms. The standard InChI is InChI=1S/C20H21ClF2N2O5S/c1-30-18-3-2-8-25(11-17(18)26)31(28,29)19-9-12(4-6-16(19)23)20(27)24-13-5-7-15(22)14(21)10-13/h4-7,9-10,17-18,26H,2-3,8,11H2,1H3,(H,24,27). The maximum Gasteiger partial charge on any atom is 0.255 e. The average Bonchev–Trinajstić information content (AvgIpc) is 2.92. The number of sulfonamides is 1. The quantitative estimate of drug-likeness (QED) is 0.694. The van der Waals surface area contributed by atoms with Gasteiger partial charge in [-0.1, -0.05) is 11.6 Å². The summed E-state index contributed by atoms with van der Waals surface area (Å²) in [6.07, 6.45) is -0.721. The molecular formula is C20H21ClF2N2O5S.